The van der Waals surface area contributed by atoms with E-state index in [4.69, 9.17) is 0 Å². The fourth-order valence-electron chi connectivity index (χ4n) is 5.43. The maximum Gasteiger partial charge on any atom is 0.200 e. The molecular weight excluding hydrogens is 495 g/mol. The zero-order valence-corrected chi connectivity index (χ0v) is 20.8. The van der Waals surface area contributed by atoms with E-state index in [1.807, 2.05) is 6.08 Å². The normalized spacial score (nSPS) is 21.1. The van der Waals surface area contributed by atoms with E-state index in [0.717, 1.165) is 5.57 Å². The van der Waals surface area contributed by atoms with Gasteiger partial charge in [-0.05, 0) is 67.8 Å². The number of pyridine rings is 1. The molecule has 0 saturated heterocycles. The lowest BCUT2D eigenvalue weighted by Crippen LogP contribution is -2.46. The van der Waals surface area contributed by atoms with Gasteiger partial charge in [-0.25, -0.2) is 17.5 Å². The van der Waals surface area contributed by atoms with Crippen LogP contribution in [0.1, 0.15) is 41.1 Å². The van der Waals surface area contributed by atoms with E-state index in [1.165, 1.54) is 22.9 Å². The maximum absolute atomic E-state index is 14.1. The van der Waals surface area contributed by atoms with Gasteiger partial charge < -0.3 is 0 Å². The van der Waals surface area contributed by atoms with Crippen LogP contribution in [0.4, 0.5) is 4.39 Å². The van der Waals surface area contributed by atoms with E-state index in [2.05, 4.69) is 20.4 Å². The van der Waals surface area contributed by atoms with E-state index in [0.29, 0.717) is 29.9 Å². The first kappa shape index (κ1) is 23.4. The zero-order chi connectivity index (χ0) is 25.8. The summed E-state index contributed by atoms with van der Waals surface area (Å²) in [6.45, 7) is 0. The minimum atomic E-state index is -3.77. The predicted molar refractivity (Wildman–Crippen MR) is 132 cm³/mol. The van der Waals surface area contributed by atoms with Crippen LogP contribution in [0, 0.1) is 11.2 Å². The average Bonchev–Trinajstić information content (AvgIpc) is 3.53. The van der Waals surface area contributed by atoms with Crippen LogP contribution < -0.4 is 0 Å². The number of halogens is 1. The number of carbonyl (C=O) groups is 1. The summed E-state index contributed by atoms with van der Waals surface area (Å²) in [6, 6.07) is 12.5. The molecule has 0 radical (unpaired) electrons. The van der Waals surface area contributed by atoms with E-state index < -0.39 is 20.5 Å². The number of sulfone groups is 1. The van der Waals surface area contributed by atoms with Gasteiger partial charge in [-0.1, -0.05) is 16.9 Å². The quantitative estimate of drug-likeness (QED) is 0.372. The monoisotopic (exact) mass is 518 g/mol. The van der Waals surface area contributed by atoms with E-state index in [9.17, 15) is 17.6 Å². The fraction of sp³-hybridized carbons (Fsp3) is 0.269. The van der Waals surface area contributed by atoms with Crippen molar-refractivity contribution in [2.75, 3.05) is 0 Å². The number of fused-ring (bicyclic) bond motifs is 2. The molecule has 1 saturated carbocycles. The van der Waals surface area contributed by atoms with Gasteiger partial charge in [-0.2, -0.15) is 5.10 Å². The Bertz CT molecular complexity index is 1640. The van der Waals surface area contributed by atoms with Crippen molar-refractivity contribution in [3.05, 3.63) is 89.4 Å². The molecular formula is C26H23FN6O3S. The molecule has 2 atom stereocenters. The number of nitrogens with zero attached hydrogens (tertiary/aromatic N) is 6. The lowest BCUT2D eigenvalue weighted by atomic mass is 9.62. The first-order chi connectivity index (χ1) is 17.8. The summed E-state index contributed by atoms with van der Waals surface area (Å²) >= 11 is 0. The number of Topliss-reactive ketones (excluding diaryl/α,β-unsaturated/α-hetero) is 1. The van der Waals surface area contributed by atoms with Crippen molar-refractivity contribution in [3.8, 4) is 5.69 Å². The number of aromatic nitrogens is 6. The molecule has 1 fully saturated rings. The molecule has 0 aliphatic heterocycles. The second-order valence-corrected chi connectivity index (χ2v) is 11.7. The molecule has 0 amide bonds. The van der Waals surface area contributed by atoms with Gasteiger partial charge in [0.1, 0.15) is 11.5 Å². The summed E-state index contributed by atoms with van der Waals surface area (Å²) in [4.78, 5) is 18.4. The summed E-state index contributed by atoms with van der Waals surface area (Å²) in [5, 5.41) is 12.0. The summed E-state index contributed by atoms with van der Waals surface area (Å²) in [6.07, 6.45) is 6.09. The van der Waals surface area contributed by atoms with Crippen molar-refractivity contribution < 1.29 is 17.6 Å². The Morgan fingerprint density at radius 3 is 2.65 bits per heavy atom. The van der Waals surface area contributed by atoms with Gasteiger partial charge >= 0.3 is 0 Å². The SMILES string of the molecule is Cn1ccc(S(=O)(=O)[C@H]2CCC3=Cc4c(nnn4-c4ccc(F)cc4)C[C@]3(C(=O)c3ccccn3)C2)n1. The number of rotatable bonds is 5. The predicted octanol–water partition coefficient (Wildman–Crippen LogP) is 3.37. The molecule has 0 N–H and O–H groups in total. The van der Waals surface area contributed by atoms with Gasteiger partial charge in [0.05, 0.1) is 27.7 Å². The van der Waals surface area contributed by atoms with Gasteiger partial charge in [0, 0.05) is 25.9 Å². The molecule has 188 valence electrons. The highest BCUT2D eigenvalue weighted by atomic mass is 32.2. The zero-order valence-electron chi connectivity index (χ0n) is 20.0. The van der Waals surface area contributed by atoms with Crippen LogP contribution in [0.2, 0.25) is 0 Å². The third-order valence-electron chi connectivity index (χ3n) is 7.31. The number of carbonyl (C=O) groups excluding carboxylic acids is 1. The summed E-state index contributed by atoms with van der Waals surface area (Å²) in [5.74, 6) is -0.592. The molecule has 1 aromatic carbocycles. The third kappa shape index (κ3) is 3.81. The number of benzene rings is 1. The molecule has 3 heterocycles. The van der Waals surface area contributed by atoms with Crippen LogP contribution in [0.5, 0.6) is 0 Å². The number of hydrogen-bond donors (Lipinski definition) is 0. The smallest absolute Gasteiger partial charge is 0.200 e. The van der Waals surface area contributed by atoms with Crippen molar-refractivity contribution in [1.82, 2.24) is 29.8 Å². The molecule has 3 aromatic heterocycles. The molecule has 0 spiro atoms. The lowest BCUT2D eigenvalue weighted by molar-refractivity contribution is 0.0795. The van der Waals surface area contributed by atoms with Crippen molar-refractivity contribution >= 4 is 21.7 Å². The number of allylic oxidation sites excluding steroid dienone is 1. The highest BCUT2D eigenvalue weighted by Gasteiger charge is 2.52. The van der Waals surface area contributed by atoms with Crippen molar-refractivity contribution in [2.45, 2.75) is 36.0 Å². The number of hydrogen-bond acceptors (Lipinski definition) is 7. The Hall–Kier alpha value is -3.99. The van der Waals surface area contributed by atoms with Gasteiger partial charge in [0.25, 0.3) is 0 Å². The number of ketones is 1. The van der Waals surface area contributed by atoms with Crippen molar-refractivity contribution in [3.63, 3.8) is 0 Å². The molecule has 6 rings (SSSR count). The van der Waals surface area contributed by atoms with Gasteiger partial charge in [-0.3, -0.25) is 14.5 Å². The summed E-state index contributed by atoms with van der Waals surface area (Å²) in [7, 11) is -2.11. The minimum Gasteiger partial charge on any atom is -0.291 e. The largest absolute Gasteiger partial charge is 0.291 e. The fourth-order valence-corrected chi connectivity index (χ4v) is 7.20. The molecule has 4 aromatic rings. The highest BCUT2D eigenvalue weighted by Crippen LogP contribution is 2.51. The lowest BCUT2D eigenvalue weighted by Gasteiger charge is -2.43. The standard InChI is InChI=1S/C26H23FN6O3S/c1-32-13-11-24(30-32)37(35,36)20-10-5-17-14-23-22(29-31-33(23)19-8-6-18(27)7-9-19)16-26(17,15-20)25(34)21-4-2-3-12-28-21/h2-4,6-9,11-14,20H,5,10,15-16H2,1H3/t20-,26+/m0/s1. The number of aryl methyl sites for hydroxylation is 1. The Balaban J connectivity index is 1.45. The van der Waals surface area contributed by atoms with Crippen molar-refractivity contribution in [2.24, 2.45) is 12.5 Å². The van der Waals surface area contributed by atoms with Crippen LogP contribution in [0.25, 0.3) is 11.8 Å². The van der Waals surface area contributed by atoms with E-state index >= 15 is 0 Å². The summed E-state index contributed by atoms with van der Waals surface area (Å²) < 4.78 is 43.7. The Morgan fingerprint density at radius 2 is 1.95 bits per heavy atom. The topological polar surface area (TPSA) is 113 Å². The molecule has 2 aliphatic carbocycles. The highest BCUT2D eigenvalue weighted by molar-refractivity contribution is 7.92. The van der Waals surface area contributed by atoms with Crippen LogP contribution >= 0.6 is 0 Å². The molecule has 2 aliphatic rings. The van der Waals surface area contributed by atoms with Crippen LogP contribution in [0.15, 0.2) is 71.5 Å². The second-order valence-electron chi connectivity index (χ2n) is 9.52. The molecule has 37 heavy (non-hydrogen) atoms. The molecule has 0 unspecified atom stereocenters. The Morgan fingerprint density at radius 1 is 1.14 bits per heavy atom. The van der Waals surface area contributed by atoms with E-state index in [-0.39, 0.29) is 35.2 Å². The molecule has 9 nitrogen and oxygen atoms in total. The van der Waals surface area contributed by atoms with E-state index in [1.54, 1.807) is 54.5 Å². The Labute approximate surface area is 212 Å². The molecule has 0 bridgehead atoms. The summed E-state index contributed by atoms with van der Waals surface area (Å²) in [5.41, 5.74) is 1.90. The average molecular weight is 519 g/mol. The van der Waals surface area contributed by atoms with Gasteiger partial charge in [-0.15, -0.1) is 5.10 Å². The third-order valence-corrected chi connectivity index (χ3v) is 9.39. The first-order valence-electron chi connectivity index (χ1n) is 11.9. The van der Waals surface area contributed by atoms with Crippen LogP contribution in [-0.4, -0.2) is 49.2 Å². The minimum absolute atomic E-state index is 0.00613. The van der Waals surface area contributed by atoms with Gasteiger partial charge in [0.15, 0.2) is 20.6 Å². The van der Waals surface area contributed by atoms with Gasteiger partial charge in [0.2, 0.25) is 0 Å². The van der Waals surface area contributed by atoms with Crippen LogP contribution in [-0.2, 0) is 23.3 Å². The second kappa shape index (κ2) is 8.55. The van der Waals surface area contributed by atoms with Crippen LogP contribution in [0.3, 0.4) is 0 Å². The van der Waals surface area contributed by atoms with Crippen molar-refractivity contribution in [1.29, 1.82) is 0 Å². The first-order valence-corrected chi connectivity index (χ1v) is 13.4. The molecule has 11 heteroatoms. The maximum atomic E-state index is 14.1. The Kier molecular flexibility index (Phi) is 5.41.